The van der Waals surface area contributed by atoms with Crippen molar-refractivity contribution in [1.29, 1.82) is 0 Å². The van der Waals surface area contributed by atoms with E-state index in [-0.39, 0.29) is 0 Å². The van der Waals surface area contributed by atoms with E-state index in [9.17, 15) is 0 Å². The fourth-order valence-electron chi connectivity index (χ4n) is 2.12. The van der Waals surface area contributed by atoms with Crippen molar-refractivity contribution < 1.29 is 0 Å². The Morgan fingerprint density at radius 1 is 1.21 bits per heavy atom. The van der Waals surface area contributed by atoms with Crippen molar-refractivity contribution in [3.8, 4) is 0 Å². The van der Waals surface area contributed by atoms with E-state index in [1.165, 1.54) is 0 Å². The van der Waals surface area contributed by atoms with Gasteiger partial charge in [0, 0.05) is 17.3 Å². The molecule has 2 aromatic heterocycles. The molecule has 0 spiro atoms. The van der Waals surface area contributed by atoms with Crippen LogP contribution in [0.2, 0.25) is 5.02 Å². The molecule has 0 amide bonds. The van der Waals surface area contributed by atoms with E-state index in [4.69, 9.17) is 17.3 Å². The number of aryl methyl sites for hydroxylation is 1. The predicted octanol–water partition coefficient (Wildman–Crippen LogP) is 3.02. The third kappa shape index (κ3) is 2.27. The second-order valence-corrected chi connectivity index (χ2v) is 4.96. The second-order valence-electron chi connectivity index (χ2n) is 4.52. The summed E-state index contributed by atoms with van der Waals surface area (Å²) in [7, 11) is 0. The summed E-state index contributed by atoms with van der Waals surface area (Å²) in [6.07, 6.45) is 3.43. The number of benzene rings is 1. The normalized spacial score (nSPS) is 11.1. The van der Waals surface area contributed by atoms with Gasteiger partial charge in [-0.2, -0.15) is 0 Å². The van der Waals surface area contributed by atoms with Crippen molar-refractivity contribution in [1.82, 2.24) is 14.5 Å². The molecule has 0 fully saturated rings. The molecule has 5 heteroatoms. The van der Waals surface area contributed by atoms with Crippen LogP contribution >= 0.6 is 11.6 Å². The first-order valence-electron chi connectivity index (χ1n) is 5.95. The van der Waals surface area contributed by atoms with E-state index in [1.807, 2.05) is 29.7 Å². The minimum Gasteiger partial charge on any atom is -0.369 e. The maximum absolute atomic E-state index is 5.97. The van der Waals surface area contributed by atoms with Crippen molar-refractivity contribution in [2.24, 2.45) is 0 Å². The van der Waals surface area contributed by atoms with Gasteiger partial charge in [0.05, 0.1) is 23.3 Å². The Morgan fingerprint density at radius 3 is 2.79 bits per heavy atom. The zero-order valence-corrected chi connectivity index (χ0v) is 11.2. The highest BCUT2D eigenvalue weighted by molar-refractivity contribution is 6.31. The first-order valence-corrected chi connectivity index (χ1v) is 6.33. The number of nitrogen functional groups attached to an aromatic ring is 1. The number of nitrogens with zero attached hydrogens (tertiary/aromatic N) is 3. The standard InChI is InChI=1S/C14H13ClN4/c1-9-6-18-14(16)19(9)8-10-2-3-13-11(4-10)5-12(15)7-17-13/h2-7H,8H2,1H3,(H2,16,18). The Bertz CT molecular complexity index is 729. The molecule has 0 aliphatic heterocycles. The fourth-order valence-corrected chi connectivity index (χ4v) is 2.29. The summed E-state index contributed by atoms with van der Waals surface area (Å²) in [6, 6.07) is 8.02. The molecule has 96 valence electrons. The van der Waals surface area contributed by atoms with Gasteiger partial charge in [-0.1, -0.05) is 17.7 Å². The van der Waals surface area contributed by atoms with E-state index in [0.29, 0.717) is 17.5 Å². The van der Waals surface area contributed by atoms with Gasteiger partial charge >= 0.3 is 0 Å². The minimum absolute atomic E-state index is 0.529. The Kier molecular flexibility index (Phi) is 2.87. The molecule has 0 radical (unpaired) electrons. The Labute approximate surface area is 115 Å². The predicted molar refractivity (Wildman–Crippen MR) is 77.2 cm³/mol. The smallest absolute Gasteiger partial charge is 0.200 e. The average Bonchev–Trinajstić information content (AvgIpc) is 2.70. The minimum atomic E-state index is 0.529. The van der Waals surface area contributed by atoms with Crippen LogP contribution in [0.15, 0.2) is 36.7 Å². The molecule has 3 rings (SSSR count). The zero-order chi connectivity index (χ0) is 13.4. The van der Waals surface area contributed by atoms with Crippen LogP contribution in [0.4, 0.5) is 5.95 Å². The lowest BCUT2D eigenvalue weighted by molar-refractivity contribution is 0.784. The molecule has 0 atom stereocenters. The maximum atomic E-state index is 5.97. The van der Waals surface area contributed by atoms with Gasteiger partial charge in [-0.3, -0.25) is 4.98 Å². The highest BCUT2D eigenvalue weighted by Gasteiger charge is 2.05. The van der Waals surface area contributed by atoms with Crippen LogP contribution in [-0.4, -0.2) is 14.5 Å². The van der Waals surface area contributed by atoms with Crippen LogP contribution < -0.4 is 5.73 Å². The van der Waals surface area contributed by atoms with Crippen LogP contribution in [0, 0.1) is 6.92 Å². The van der Waals surface area contributed by atoms with E-state index in [0.717, 1.165) is 22.2 Å². The first kappa shape index (κ1) is 12.0. The van der Waals surface area contributed by atoms with Crippen molar-refractivity contribution in [3.05, 3.63) is 52.9 Å². The Balaban J connectivity index is 2.02. The number of halogens is 1. The number of hydrogen-bond donors (Lipinski definition) is 1. The van der Waals surface area contributed by atoms with Crippen LogP contribution in [0.3, 0.4) is 0 Å². The summed E-state index contributed by atoms with van der Waals surface area (Å²) in [5.74, 6) is 0.529. The Morgan fingerprint density at radius 2 is 2.05 bits per heavy atom. The van der Waals surface area contributed by atoms with Gasteiger partial charge in [0.25, 0.3) is 0 Å². The molecule has 0 aliphatic carbocycles. The van der Waals surface area contributed by atoms with E-state index >= 15 is 0 Å². The van der Waals surface area contributed by atoms with Crippen LogP contribution in [-0.2, 0) is 6.54 Å². The zero-order valence-electron chi connectivity index (χ0n) is 10.5. The monoisotopic (exact) mass is 272 g/mol. The third-order valence-electron chi connectivity index (χ3n) is 3.14. The number of aromatic nitrogens is 3. The number of nitrogens with two attached hydrogens (primary N) is 1. The molecule has 0 bridgehead atoms. The fraction of sp³-hybridized carbons (Fsp3) is 0.143. The van der Waals surface area contributed by atoms with Crippen molar-refractivity contribution >= 4 is 28.5 Å². The van der Waals surface area contributed by atoms with Crippen LogP contribution in [0.5, 0.6) is 0 Å². The van der Waals surface area contributed by atoms with Gasteiger partial charge in [0.1, 0.15) is 0 Å². The second kappa shape index (κ2) is 4.55. The summed E-state index contributed by atoms with van der Waals surface area (Å²) in [5.41, 5.74) is 8.96. The molecule has 1 aromatic carbocycles. The summed E-state index contributed by atoms with van der Waals surface area (Å²) in [4.78, 5) is 8.37. The van der Waals surface area contributed by atoms with Gasteiger partial charge in [0.15, 0.2) is 0 Å². The largest absolute Gasteiger partial charge is 0.369 e. The molecule has 0 saturated heterocycles. The highest BCUT2D eigenvalue weighted by Crippen LogP contribution is 2.19. The van der Waals surface area contributed by atoms with E-state index in [2.05, 4.69) is 16.0 Å². The summed E-state index contributed by atoms with van der Waals surface area (Å²) in [6.45, 7) is 2.68. The maximum Gasteiger partial charge on any atom is 0.200 e. The lowest BCUT2D eigenvalue weighted by Gasteiger charge is -2.08. The number of imidazole rings is 1. The van der Waals surface area contributed by atoms with E-state index < -0.39 is 0 Å². The molecule has 2 heterocycles. The highest BCUT2D eigenvalue weighted by atomic mass is 35.5. The molecular weight excluding hydrogens is 260 g/mol. The van der Waals surface area contributed by atoms with Crippen LogP contribution in [0.25, 0.3) is 10.9 Å². The Hall–Kier alpha value is -2.07. The lowest BCUT2D eigenvalue weighted by Crippen LogP contribution is -2.06. The van der Waals surface area contributed by atoms with E-state index in [1.54, 1.807) is 12.4 Å². The lowest BCUT2D eigenvalue weighted by atomic mass is 10.1. The van der Waals surface area contributed by atoms with Gasteiger partial charge in [-0.15, -0.1) is 0 Å². The van der Waals surface area contributed by atoms with Crippen molar-refractivity contribution in [2.75, 3.05) is 5.73 Å². The average molecular weight is 273 g/mol. The number of pyridine rings is 1. The SMILES string of the molecule is Cc1cnc(N)n1Cc1ccc2ncc(Cl)cc2c1. The molecule has 0 unspecified atom stereocenters. The van der Waals surface area contributed by atoms with Gasteiger partial charge in [0.2, 0.25) is 5.95 Å². The van der Waals surface area contributed by atoms with Gasteiger partial charge in [-0.05, 0) is 30.7 Å². The summed E-state index contributed by atoms with van der Waals surface area (Å²) < 4.78 is 1.97. The quantitative estimate of drug-likeness (QED) is 0.780. The summed E-state index contributed by atoms with van der Waals surface area (Å²) >= 11 is 5.97. The summed E-state index contributed by atoms with van der Waals surface area (Å²) in [5, 5.41) is 1.67. The molecule has 0 aliphatic rings. The molecule has 4 nitrogen and oxygen atoms in total. The number of fused-ring (bicyclic) bond motifs is 1. The molecular formula is C14H13ClN4. The molecule has 19 heavy (non-hydrogen) atoms. The first-order chi connectivity index (χ1) is 9.13. The van der Waals surface area contributed by atoms with Crippen molar-refractivity contribution in [3.63, 3.8) is 0 Å². The number of rotatable bonds is 2. The topological polar surface area (TPSA) is 56.7 Å². The number of hydrogen-bond acceptors (Lipinski definition) is 3. The number of anilines is 1. The molecule has 0 saturated carbocycles. The molecule has 3 aromatic rings. The van der Waals surface area contributed by atoms with Crippen LogP contribution in [0.1, 0.15) is 11.3 Å². The van der Waals surface area contributed by atoms with Crippen molar-refractivity contribution in [2.45, 2.75) is 13.5 Å². The van der Waals surface area contributed by atoms with Gasteiger partial charge in [-0.25, -0.2) is 4.98 Å². The molecule has 2 N–H and O–H groups in total. The van der Waals surface area contributed by atoms with Gasteiger partial charge < -0.3 is 10.3 Å². The third-order valence-corrected chi connectivity index (χ3v) is 3.35.